The van der Waals surface area contributed by atoms with Crippen LogP contribution in [0.15, 0.2) is 45.3 Å². The Bertz CT molecular complexity index is 869. The zero-order valence-corrected chi connectivity index (χ0v) is 19.8. The SMILES string of the molecule is CC(C)C1=C(CC(=O)NS(=O)(=O)C2=CC(C(C)(C)O)=CSC2)C(C(C)C)CC=C1. The van der Waals surface area contributed by atoms with E-state index in [1.807, 2.05) is 0 Å². The van der Waals surface area contributed by atoms with Crippen molar-refractivity contribution in [2.24, 2.45) is 17.8 Å². The fraction of sp³-hybridized carbons (Fsp3) is 0.591. The summed E-state index contributed by atoms with van der Waals surface area (Å²) in [5.41, 5.74) is 1.54. The van der Waals surface area contributed by atoms with Crippen molar-refractivity contribution >= 4 is 27.7 Å². The predicted molar refractivity (Wildman–Crippen MR) is 121 cm³/mol. The van der Waals surface area contributed by atoms with Crippen LogP contribution in [0.25, 0.3) is 0 Å². The Morgan fingerprint density at radius 1 is 1.31 bits per heavy atom. The highest BCUT2D eigenvalue weighted by Crippen LogP contribution is 2.36. The van der Waals surface area contributed by atoms with E-state index >= 15 is 0 Å². The second-order valence-electron chi connectivity index (χ2n) is 8.88. The van der Waals surface area contributed by atoms with Gasteiger partial charge in [-0.15, -0.1) is 11.8 Å². The molecule has 0 aromatic rings. The average Bonchev–Trinajstić information content (AvgIpc) is 2.60. The van der Waals surface area contributed by atoms with Crippen LogP contribution in [0.4, 0.5) is 0 Å². The van der Waals surface area contributed by atoms with Crippen LogP contribution < -0.4 is 4.72 Å². The van der Waals surface area contributed by atoms with E-state index in [1.165, 1.54) is 17.8 Å². The summed E-state index contributed by atoms with van der Waals surface area (Å²) in [5, 5.41) is 11.9. The van der Waals surface area contributed by atoms with E-state index in [1.54, 1.807) is 19.3 Å². The molecule has 0 saturated carbocycles. The maximum absolute atomic E-state index is 12.8. The van der Waals surface area contributed by atoms with E-state index in [0.29, 0.717) is 11.5 Å². The Morgan fingerprint density at radius 3 is 2.52 bits per heavy atom. The van der Waals surface area contributed by atoms with Crippen molar-refractivity contribution in [1.82, 2.24) is 4.72 Å². The highest BCUT2D eigenvalue weighted by Gasteiger charge is 2.30. The van der Waals surface area contributed by atoms with Crippen LogP contribution >= 0.6 is 11.8 Å². The Kier molecular flexibility index (Phi) is 7.63. The number of allylic oxidation sites excluding steroid dienone is 3. The first-order valence-electron chi connectivity index (χ1n) is 10.0. The van der Waals surface area contributed by atoms with E-state index in [4.69, 9.17) is 0 Å². The highest BCUT2D eigenvalue weighted by molar-refractivity contribution is 8.04. The summed E-state index contributed by atoms with van der Waals surface area (Å²) in [6.07, 6.45) is 6.62. The third-order valence-corrected chi connectivity index (χ3v) is 7.87. The van der Waals surface area contributed by atoms with Gasteiger partial charge in [0.15, 0.2) is 0 Å². The summed E-state index contributed by atoms with van der Waals surface area (Å²) in [6, 6.07) is 0. The Labute approximate surface area is 179 Å². The average molecular weight is 440 g/mol. The van der Waals surface area contributed by atoms with Crippen molar-refractivity contribution in [1.29, 1.82) is 0 Å². The molecule has 1 amide bonds. The van der Waals surface area contributed by atoms with Gasteiger partial charge in [-0.25, -0.2) is 13.1 Å². The topological polar surface area (TPSA) is 83.5 Å². The van der Waals surface area contributed by atoms with Gasteiger partial charge in [-0.3, -0.25) is 4.79 Å². The number of sulfonamides is 1. The molecule has 0 radical (unpaired) electrons. The summed E-state index contributed by atoms with van der Waals surface area (Å²) in [5.74, 6) is 0.595. The van der Waals surface area contributed by atoms with E-state index in [-0.39, 0.29) is 28.9 Å². The zero-order valence-electron chi connectivity index (χ0n) is 18.2. The fourth-order valence-corrected chi connectivity index (χ4v) is 6.12. The number of rotatable bonds is 7. The van der Waals surface area contributed by atoms with Crippen LogP contribution in [0, 0.1) is 17.8 Å². The van der Waals surface area contributed by atoms with Gasteiger partial charge in [0, 0.05) is 12.2 Å². The molecule has 1 unspecified atom stereocenters. The number of hydrogen-bond acceptors (Lipinski definition) is 5. The Balaban J connectivity index is 2.23. The summed E-state index contributed by atoms with van der Waals surface area (Å²) < 4.78 is 27.8. The predicted octanol–water partition coefficient (Wildman–Crippen LogP) is 4.29. The van der Waals surface area contributed by atoms with Crippen molar-refractivity contribution < 1.29 is 18.3 Å². The first kappa shape index (κ1) is 24.0. The lowest BCUT2D eigenvalue weighted by atomic mass is 9.76. The van der Waals surface area contributed by atoms with E-state index < -0.39 is 21.5 Å². The van der Waals surface area contributed by atoms with Crippen LogP contribution in [0.3, 0.4) is 0 Å². The molecular formula is C22H33NO4S2. The van der Waals surface area contributed by atoms with E-state index in [2.05, 4.69) is 44.6 Å². The molecule has 0 aromatic carbocycles. The number of carbonyl (C=O) groups excluding carboxylic acids is 1. The molecule has 7 heteroatoms. The normalized spacial score (nSPS) is 20.8. The van der Waals surface area contributed by atoms with Crippen molar-refractivity contribution in [2.45, 2.75) is 60.0 Å². The number of carbonyl (C=O) groups is 1. The lowest BCUT2D eigenvalue weighted by molar-refractivity contribution is -0.118. The fourth-order valence-electron chi connectivity index (χ4n) is 3.64. The van der Waals surface area contributed by atoms with Gasteiger partial charge < -0.3 is 5.11 Å². The van der Waals surface area contributed by atoms with Gasteiger partial charge in [0.2, 0.25) is 5.91 Å². The number of nitrogens with one attached hydrogen (secondary N) is 1. The van der Waals surface area contributed by atoms with E-state index in [9.17, 15) is 18.3 Å². The molecule has 1 aliphatic heterocycles. The molecule has 1 aliphatic carbocycles. The van der Waals surface area contributed by atoms with Gasteiger partial charge >= 0.3 is 0 Å². The van der Waals surface area contributed by atoms with E-state index in [0.717, 1.165) is 17.6 Å². The highest BCUT2D eigenvalue weighted by atomic mass is 32.2. The maximum Gasteiger partial charge on any atom is 0.261 e. The smallest absolute Gasteiger partial charge is 0.261 e. The molecule has 0 saturated heterocycles. The van der Waals surface area contributed by atoms with Crippen LogP contribution in [-0.4, -0.2) is 30.8 Å². The molecule has 0 bridgehead atoms. The molecule has 1 atom stereocenters. The van der Waals surface area contributed by atoms with Crippen LogP contribution in [0.2, 0.25) is 0 Å². The van der Waals surface area contributed by atoms with Crippen molar-refractivity contribution in [3.8, 4) is 0 Å². The standard InChI is InChI=1S/C22H33NO4S2/c1-14(2)18-8-7-9-19(15(3)4)20(18)11-21(24)23-29(26,27)17-10-16(12-28-13-17)22(5,6)25/h7-8,10,12,14-15,19,25H,9,11,13H2,1-6H3,(H,23,24). The minimum atomic E-state index is -3.95. The summed E-state index contributed by atoms with van der Waals surface area (Å²) >= 11 is 1.30. The quantitative estimate of drug-likeness (QED) is 0.618. The Hall–Kier alpha value is -1.31. The lowest BCUT2D eigenvalue weighted by Gasteiger charge is -2.30. The molecular weight excluding hydrogens is 406 g/mol. The van der Waals surface area contributed by atoms with Gasteiger partial charge in [-0.1, -0.05) is 45.4 Å². The summed E-state index contributed by atoms with van der Waals surface area (Å²) in [6.45, 7) is 11.6. The van der Waals surface area contributed by atoms with Gasteiger partial charge in [0.05, 0.1) is 10.5 Å². The summed E-state index contributed by atoms with van der Waals surface area (Å²) in [7, 11) is -3.95. The number of hydrogen-bond donors (Lipinski definition) is 2. The van der Waals surface area contributed by atoms with Crippen LogP contribution in [0.1, 0.15) is 54.4 Å². The van der Waals surface area contributed by atoms with Crippen molar-refractivity contribution in [2.75, 3.05) is 5.75 Å². The number of aliphatic hydroxyl groups is 1. The molecule has 0 spiro atoms. The molecule has 2 aliphatic rings. The molecule has 0 aromatic heterocycles. The van der Waals surface area contributed by atoms with Gasteiger partial charge in [0.25, 0.3) is 10.0 Å². The first-order valence-corrected chi connectivity index (χ1v) is 12.6. The van der Waals surface area contributed by atoms with Crippen LogP contribution in [-0.2, 0) is 14.8 Å². The molecule has 29 heavy (non-hydrogen) atoms. The molecule has 0 fully saturated rings. The van der Waals surface area contributed by atoms with Crippen molar-refractivity contribution in [3.05, 3.63) is 45.3 Å². The van der Waals surface area contributed by atoms with Gasteiger partial charge in [-0.05, 0) is 60.7 Å². The second kappa shape index (κ2) is 9.23. The zero-order chi connectivity index (χ0) is 22.0. The van der Waals surface area contributed by atoms with Gasteiger partial charge in [-0.2, -0.15) is 0 Å². The molecule has 1 heterocycles. The molecule has 2 N–H and O–H groups in total. The first-order chi connectivity index (χ1) is 13.3. The molecule has 5 nitrogen and oxygen atoms in total. The monoisotopic (exact) mass is 439 g/mol. The third-order valence-electron chi connectivity index (χ3n) is 5.34. The lowest BCUT2D eigenvalue weighted by Crippen LogP contribution is -2.34. The number of amides is 1. The number of thioether (sulfide) groups is 1. The largest absolute Gasteiger partial charge is 0.386 e. The summed E-state index contributed by atoms with van der Waals surface area (Å²) in [4.78, 5) is 12.8. The maximum atomic E-state index is 12.8. The van der Waals surface area contributed by atoms with Crippen molar-refractivity contribution in [3.63, 3.8) is 0 Å². The van der Waals surface area contributed by atoms with Gasteiger partial charge in [0.1, 0.15) is 0 Å². The van der Waals surface area contributed by atoms with Crippen LogP contribution in [0.5, 0.6) is 0 Å². The minimum Gasteiger partial charge on any atom is -0.386 e. The Morgan fingerprint density at radius 2 is 1.97 bits per heavy atom. The third kappa shape index (κ3) is 6.09. The second-order valence-corrected chi connectivity index (χ2v) is 11.5. The molecule has 2 rings (SSSR count). The minimum absolute atomic E-state index is 0.0779. The molecule has 162 valence electrons.